The molecule has 128 valence electrons. The van der Waals surface area contributed by atoms with E-state index in [9.17, 15) is 4.79 Å². The van der Waals surface area contributed by atoms with Gasteiger partial charge in [-0.2, -0.15) is 0 Å². The van der Waals surface area contributed by atoms with Gasteiger partial charge in [0.2, 0.25) is 17.7 Å². The fraction of sp³-hybridized carbons (Fsp3) is 0.100. The monoisotopic (exact) mass is 344 g/mol. The highest BCUT2D eigenvalue weighted by atomic mass is 16.4. The molecule has 0 aliphatic heterocycles. The van der Waals surface area contributed by atoms with Crippen molar-refractivity contribution in [1.82, 2.24) is 15.2 Å². The molecule has 1 amide bonds. The number of amides is 1. The van der Waals surface area contributed by atoms with Crippen LogP contribution in [0.2, 0.25) is 0 Å². The van der Waals surface area contributed by atoms with Crippen molar-refractivity contribution < 1.29 is 9.21 Å². The average Bonchev–Trinajstić information content (AvgIpc) is 3.11. The summed E-state index contributed by atoms with van der Waals surface area (Å²) in [6.07, 6.45) is 0. The third-order valence-electron chi connectivity index (χ3n) is 3.95. The fourth-order valence-electron chi connectivity index (χ4n) is 2.83. The van der Waals surface area contributed by atoms with Gasteiger partial charge in [0, 0.05) is 29.3 Å². The molecule has 0 bridgehead atoms. The van der Waals surface area contributed by atoms with Gasteiger partial charge < -0.3 is 9.73 Å². The number of hydrogen-bond donors (Lipinski definition) is 1. The first-order valence-corrected chi connectivity index (χ1v) is 8.18. The summed E-state index contributed by atoms with van der Waals surface area (Å²) in [6, 6.07) is 17.1. The number of nitrogens with one attached hydrogen (secondary N) is 1. The molecule has 0 aliphatic rings. The highest BCUT2D eigenvalue weighted by molar-refractivity contribution is 5.92. The summed E-state index contributed by atoms with van der Waals surface area (Å²) in [7, 11) is 0. The topological polar surface area (TPSA) is 80.9 Å². The summed E-state index contributed by atoms with van der Waals surface area (Å²) in [5.74, 6) is 0.762. The predicted octanol–water partition coefficient (Wildman–Crippen LogP) is 4.22. The lowest BCUT2D eigenvalue weighted by Gasteiger charge is -2.04. The van der Waals surface area contributed by atoms with E-state index >= 15 is 0 Å². The Labute approximate surface area is 149 Å². The molecule has 0 saturated carbocycles. The molecule has 4 aromatic rings. The number of carbonyl (C=O) groups is 1. The SMILES string of the molecule is CC(=O)Nc1ccc(-c2nnc(-c3cc(C)nc4ccccc34)o2)cc1. The van der Waals surface area contributed by atoms with Gasteiger partial charge in [-0.05, 0) is 43.3 Å². The number of aromatic nitrogens is 3. The van der Waals surface area contributed by atoms with Crippen LogP contribution < -0.4 is 5.32 Å². The van der Waals surface area contributed by atoms with Crippen molar-refractivity contribution >= 4 is 22.5 Å². The van der Waals surface area contributed by atoms with Gasteiger partial charge in [0.05, 0.1) is 11.1 Å². The molecular formula is C20H16N4O2. The van der Waals surface area contributed by atoms with Gasteiger partial charge in [-0.25, -0.2) is 0 Å². The number of aryl methyl sites for hydroxylation is 1. The van der Waals surface area contributed by atoms with E-state index in [0.717, 1.165) is 33.4 Å². The maximum atomic E-state index is 11.1. The van der Waals surface area contributed by atoms with Crippen LogP contribution in [-0.4, -0.2) is 21.1 Å². The molecule has 0 fully saturated rings. The molecule has 0 spiro atoms. The first kappa shape index (κ1) is 16.0. The number of rotatable bonds is 3. The lowest BCUT2D eigenvalue weighted by molar-refractivity contribution is -0.114. The number of pyridine rings is 1. The van der Waals surface area contributed by atoms with Crippen LogP contribution in [-0.2, 0) is 4.79 Å². The Bertz CT molecular complexity index is 1100. The highest BCUT2D eigenvalue weighted by Gasteiger charge is 2.14. The summed E-state index contributed by atoms with van der Waals surface area (Å²) in [5.41, 5.74) is 4.14. The number of nitrogens with zero attached hydrogens (tertiary/aromatic N) is 3. The zero-order valence-corrected chi connectivity index (χ0v) is 14.4. The molecule has 0 aliphatic carbocycles. The van der Waals surface area contributed by atoms with E-state index in [2.05, 4.69) is 20.5 Å². The lowest BCUT2D eigenvalue weighted by atomic mass is 10.1. The summed E-state index contributed by atoms with van der Waals surface area (Å²) in [4.78, 5) is 15.6. The highest BCUT2D eigenvalue weighted by Crippen LogP contribution is 2.30. The third-order valence-corrected chi connectivity index (χ3v) is 3.95. The van der Waals surface area contributed by atoms with Crippen LogP contribution in [0.3, 0.4) is 0 Å². The molecule has 0 saturated heterocycles. The number of fused-ring (bicyclic) bond motifs is 1. The minimum atomic E-state index is -0.113. The van der Waals surface area contributed by atoms with Crippen molar-refractivity contribution in [2.45, 2.75) is 13.8 Å². The van der Waals surface area contributed by atoms with E-state index in [1.54, 1.807) is 12.1 Å². The lowest BCUT2D eigenvalue weighted by Crippen LogP contribution is -2.05. The summed E-state index contributed by atoms with van der Waals surface area (Å²) >= 11 is 0. The van der Waals surface area contributed by atoms with Gasteiger partial charge in [-0.1, -0.05) is 18.2 Å². The Morgan fingerprint density at radius 3 is 2.50 bits per heavy atom. The van der Waals surface area contributed by atoms with Crippen LogP contribution >= 0.6 is 0 Å². The number of para-hydroxylation sites is 1. The number of hydrogen-bond acceptors (Lipinski definition) is 5. The minimum Gasteiger partial charge on any atom is -0.416 e. The molecule has 6 nitrogen and oxygen atoms in total. The van der Waals surface area contributed by atoms with Crippen molar-refractivity contribution in [3.05, 3.63) is 60.3 Å². The van der Waals surface area contributed by atoms with Gasteiger partial charge in [0.15, 0.2) is 0 Å². The molecule has 2 heterocycles. The zero-order chi connectivity index (χ0) is 18.1. The third kappa shape index (κ3) is 3.04. The fourth-order valence-corrected chi connectivity index (χ4v) is 2.83. The molecular weight excluding hydrogens is 328 g/mol. The van der Waals surface area contributed by atoms with Crippen LogP contribution in [0.1, 0.15) is 12.6 Å². The second-order valence-corrected chi connectivity index (χ2v) is 6.00. The normalized spacial score (nSPS) is 10.8. The van der Waals surface area contributed by atoms with E-state index in [4.69, 9.17) is 4.42 Å². The van der Waals surface area contributed by atoms with E-state index in [-0.39, 0.29) is 5.91 Å². The molecule has 2 aromatic heterocycles. The Morgan fingerprint density at radius 2 is 1.73 bits per heavy atom. The molecule has 0 radical (unpaired) electrons. The molecule has 26 heavy (non-hydrogen) atoms. The van der Waals surface area contributed by atoms with E-state index in [0.29, 0.717) is 11.8 Å². The van der Waals surface area contributed by atoms with Crippen LogP contribution in [0.15, 0.2) is 59.0 Å². The molecule has 1 N–H and O–H groups in total. The zero-order valence-electron chi connectivity index (χ0n) is 14.4. The maximum absolute atomic E-state index is 11.1. The van der Waals surface area contributed by atoms with E-state index in [1.807, 2.05) is 49.4 Å². The summed E-state index contributed by atoms with van der Waals surface area (Å²) in [5, 5.41) is 12.1. The van der Waals surface area contributed by atoms with Gasteiger partial charge in [-0.3, -0.25) is 9.78 Å². The first-order valence-electron chi connectivity index (χ1n) is 8.18. The van der Waals surface area contributed by atoms with Crippen molar-refractivity contribution in [3.8, 4) is 22.9 Å². The van der Waals surface area contributed by atoms with Gasteiger partial charge in [-0.15, -0.1) is 10.2 Å². The summed E-state index contributed by atoms with van der Waals surface area (Å²) < 4.78 is 5.90. The second-order valence-electron chi connectivity index (χ2n) is 6.00. The van der Waals surface area contributed by atoms with Crippen LogP contribution in [0.25, 0.3) is 33.8 Å². The molecule has 4 rings (SSSR count). The van der Waals surface area contributed by atoms with E-state index in [1.165, 1.54) is 6.92 Å². The van der Waals surface area contributed by atoms with E-state index < -0.39 is 0 Å². The van der Waals surface area contributed by atoms with Crippen molar-refractivity contribution in [1.29, 1.82) is 0 Å². The Kier molecular flexibility index (Phi) is 3.93. The molecule has 6 heteroatoms. The Hall–Kier alpha value is -3.54. The maximum Gasteiger partial charge on any atom is 0.248 e. The predicted molar refractivity (Wildman–Crippen MR) is 99.5 cm³/mol. The second kappa shape index (κ2) is 6.40. The smallest absolute Gasteiger partial charge is 0.248 e. The van der Waals surface area contributed by atoms with Crippen LogP contribution in [0.5, 0.6) is 0 Å². The van der Waals surface area contributed by atoms with Gasteiger partial charge in [0.1, 0.15) is 0 Å². The Morgan fingerprint density at radius 1 is 1.00 bits per heavy atom. The van der Waals surface area contributed by atoms with Crippen molar-refractivity contribution in [2.24, 2.45) is 0 Å². The van der Waals surface area contributed by atoms with Crippen molar-refractivity contribution in [3.63, 3.8) is 0 Å². The number of carbonyl (C=O) groups excluding carboxylic acids is 1. The minimum absolute atomic E-state index is 0.113. The molecule has 0 atom stereocenters. The molecule has 0 unspecified atom stereocenters. The number of anilines is 1. The van der Waals surface area contributed by atoms with Crippen LogP contribution in [0, 0.1) is 6.92 Å². The average molecular weight is 344 g/mol. The van der Waals surface area contributed by atoms with Crippen LogP contribution in [0.4, 0.5) is 5.69 Å². The summed E-state index contributed by atoms with van der Waals surface area (Å²) in [6.45, 7) is 3.41. The first-order chi connectivity index (χ1) is 12.6. The largest absolute Gasteiger partial charge is 0.416 e. The standard InChI is InChI=1S/C20H16N4O2/c1-12-11-17(16-5-3-4-6-18(16)21-12)20-24-23-19(26-20)14-7-9-15(10-8-14)22-13(2)25/h3-11H,1-2H3,(H,22,25). The number of benzene rings is 2. The van der Waals surface area contributed by atoms with Gasteiger partial charge in [0.25, 0.3) is 0 Å². The van der Waals surface area contributed by atoms with Gasteiger partial charge >= 0.3 is 0 Å². The Balaban J connectivity index is 1.72. The van der Waals surface area contributed by atoms with Crippen molar-refractivity contribution in [2.75, 3.05) is 5.32 Å². The molecule has 2 aromatic carbocycles. The quantitative estimate of drug-likeness (QED) is 0.602.